The summed E-state index contributed by atoms with van der Waals surface area (Å²) >= 11 is 1.82. The minimum absolute atomic E-state index is 0.221. The third-order valence-corrected chi connectivity index (χ3v) is 14.5. The van der Waals surface area contributed by atoms with Gasteiger partial charge >= 0.3 is 27.0 Å². The predicted molar refractivity (Wildman–Crippen MR) is 155 cm³/mol. The monoisotopic (exact) mass is 591 g/mol. The summed E-state index contributed by atoms with van der Waals surface area (Å²) in [5.74, 6) is 0. The Hall–Kier alpha value is 0.403. The fourth-order valence-electron chi connectivity index (χ4n) is 2.81. The first-order valence-corrected chi connectivity index (χ1v) is 17.1. The van der Waals surface area contributed by atoms with Crippen LogP contribution in [0.2, 0.25) is 0 Å². The van der Waals surface area contributed by atoms with Crippen molar-refractivity contribution in [2.45, 2.75) is 104 Å². The van der Waals surface area contributed by atoms with Crippen molar-refractivity contribution in [2.24, 2.45) is 0 Å². The van der Waals surface area contributed by atoms with Gasteiger partial charge in [0, 0.05) is 29.2 Å². The molecule has 0 atom stereocenters. The van der Waals surface area contributed by atoms with Crippen LogP contribution in [0.25, 0.3) is 6.08 Å². The Bertz CT molecular complexity index is 507. The maximum atomic E-state index is 7.75. The number of hydrogen-bond donors (Lipinski definition) is 0. The summed E-state index contributed by atoms with van der Waals surface area (Å²) in [4.78, 5) is 7.75. The maximum absolute atomic E-state index is 7.75. The molecule has 5 heteroatoms. The van der Waals surface area contributed by atoms with E-state index in [2.05, 4.69) is 113 Å². The van der Waals surface area contributed by atoms with Crippen LogP contribution in [0, 0.1) is 6.58 Å². The van der Waals surface area contributed by atoms with E-state index < -0.39 is 0 Å². The van der Waals surface area contributed by atoms with Crippen LogP contribution in [-0.2, 0) is 22.1 Å². The minimum atomic E-state index is -0.221. The van der Waals surface area contributed by atoms with Crippen molar-refractivity contribution in [3.05, 3.63) is 42.5 Å². The van der Waals surface area contributed by atoms with Gasteiger partial charge in [-0.3, -0.25) is 13.4 Å². The molecule has 1 aromatic carbocycles. The zero-order valence-corrected chi connectivity index (χ0v) is 27.8. The molecular formula is C27H52ClOP2Ru+2. The van der Waals surface area contributed by atoms with Gasteiger partial charge in [-0.25, -0.2) is 6.08 Å². The Morgan fingerprint density at radius 1 is 0.656 bits per heavy atom. The summed E-state index contributed by atoms with van der Waals surface area (Å²) in [7, 11) is 4.13. The number of halogens is 1. The van der Waals surface area contributed by atoms with Gasteiger partial charge in [0.1, 0.15) is 0 Å². The molecule has 0 amide bonds. The summed E-state index contributed by atoms with van der Waals surface area (Å²) < 4.78 is 0. The third kappa shape index (κ3) is 22.2. The molecule has 0 unspecified atom stereocenters. The van der Waals surface area contributed by atoms with Gasteiger partial charge in [-0.05, 0) is 83.1 Å². The molecule has 0 fully saturated rings. The number of rotatable bonds is 1. The van der Waals surface area contributed by atoms with Crippen LogP contribution < -0.4 is 0 Å². The molecule has 0 aromatic heterocycles. The van der Waals surface area contributed by atoms with Crippen molar-refractivity contribution in [3.63, 3.8) is 0 Å². The Morgan fingerprint density at radius 2 is 0.875 bits per heavy atom. The molecule has 0 aliphatic rings. The van der Waals surface area contributed by atoms with Gasteiger partial charge in [0.05, 0.1) is 20.6 Å². The Kier molecular flexibility index (Phi) is 23.1. The van der Waals surface area contributed by atoms with E-state index in [4.69, 9.17) is 11.4 Å². The van der Waals surface area contributed by atoms with Crippen LogP contribution in [-0.4, -0.2) is 40.7 Å². The number of carbonyl (C=O) groups excluding carboxylic acids is 1. The first-order valence-electron chi connectivity index (χ1n) is 10.9. The second kappa shape index (κ2) is 18.7. The second-order valence-corrected chi connectivity index (χ2v) is 20.3. The SMILES string of the molecule is C[PH+](C(C)(C)C)C(C)(C)C.C[PH+](C(C)(C)C)C(C)(C)C.[CH-]=Cc1ccccc1.[CH-]=O.[Cl][Ru+2]. The molecule has 0 heterocycles. The van der Waals surface area contributed by atoms with Gasteiger partial charge in [0.15, 0.2) is 0 Å². The molecule has 32 heavy (non-hydrogen) atoms. The van der Waals surface area contributed by atoms with Gasteiger partial charge in [0.2, 0.25) is 0 Å². The van der Waals surface area contributed by atoms with Crippen LogP contribution >= 0.6 is 25.5 Å². The van der Waals surface area contributed by atoms with Crippen molar-refractivity contribution in [3.8, 4) is 0 Å². The molecule has 1 aromatic rings. The Labute approximate surface area is 219 Å². The van der Waals surface area contributed by atoms with Crippen LogP contribution in [0.4, 0.5) is 0 Å². The zero-order chi connectivity index (χ0) is 27.0. The van der Waals surface area contributed by atoms with E-state index in [1.165, 1.54) is 0 Å². The van der Waals surface area contributed by atoms with Gasteiger partial charge < -0.3 is 4.79 Å². The number of hydrogen-bond acceptors (Lipinski definition) is 1. The van der Waals surface area contributed by atoms with E-state index in [-0.39, 0.29) is 15.8 Å². The van der Waals surface area contributed by atoms with Gasteiger partial charge in [-0.15, -0.1) is 12.1 Å². The quantitative estimate of drug-likeness (QED) is 0.138. The van der Waals surface area contributed by atoms with Crippen molar-refractivity contribution in [1.82, 2.24) is 0 Å². The Morgan fingerprint density at radius 3 is 0.969 bits per heavy atom. The van der Waals surface area contributed by atoms with E-state index in [1.54, 1.807) is 6.08 Å². The van der Waals surface area contributed by atoms with Crippen LogP contribution in [0.1, 0.15) is 88.6 Å². The van der Waals surface area contributed by atoms with E-state index in [9.17, 15) is 0 Å². The third-order valence-electron chi connectivity index (χ3n) is 5.49. The molecule has 0 saturated heterocycles. The predicted octanol–water partition coefficient (Wildman–Crippen LogP) is 9.40. The number of benzene rings is 1. The van der Waals surface area contributed by atoms with Crippen LogP contribution in [0.3, 0.4) is 0 Å². The van der Waals surface area contributed by atoms with Gasteiger partial charge in [-0.2, -0.15) is 5.56 Å². The van der Waals surface area contributed by atoms with Gasteiger partial charge in [0.25, 0.3) is 0 Å². The Balaban J connectivity index is -0.000000171. The fourth-order valence-corrected chi connectivity index (χ4v) is 7.31. The molecular weight excluding hydrogens is 539 g/mol. The molecule has 1 rings (SSSR count). The van der Waals surface area contributed by atoms with E-state index in [0.29, 0.717) is 20.6 Å². The topological polar surface area (TPSA) is 17.1 Å². The zero-order valence-electron chi connectivity index (χ0n) is 23.3. The van der Waals surface area contributed by atoms with E-state index >= 15 is 0 Å². The van der Waals surface area contributed by atoms with E-state index in [1.807, 2.05) is 47.6 Å². The first-order chi connectivity index (χ1) is 14.2. The van der Waals surface area contributed by atoms with Crippen molar-refractivity contribution >= 4 is 38.4 Å². The average molecular weight is 591 g/mol. The van der Waals surface area contributed by atoms with Gasteiger partial charge in [-0.1, -0.05) is 18.2 Å². The summed E-state index contributed by atoms with van der Waals surface area (Å²) in [6, 6.07) is 9.80. The van der Waals surface area contributed by atoms with Crippen molar-refractivity contribution in [1.29, 1.82) is 0 Å². The summed E-state index contributed by atoms with van der Waals surface area (Å²) in [5.41, 5.74) is 1.06. The first kappa shape index (κ1) is 39.6. The van der Waals surface area contributed by atoms with E-state index in [0.717, 1.165) is 5.56 Å². The average Bonchev–Trinajstić information content (AvgIpc) is 2.68. The summed E-state index contributed by atoms with van der Waals surface area (Å²) in [6.45, 7) is 41.6. The molecule has 0 saturated carbocycles. The van der Waals surface area contributed by atoms with Crippen LogP contribution in [0.5, 0.6) is 0 Å². The molecule has 0 N–H and O–H groups in total. The molecule has 0 radical (unpaired) electrons. The fraction of sp³-hybridized carbons (Fsp3) is 0.667. The summed E-state index contributed by atoms with van der Waals surface area (Å²) in [6.07, 6.45) is 1.58. The standard InChI is InChI=1S/2C9H21P.C8H7.CHO.ClH.Ru/c2*1-8(2,3)10(7)9(4,5)6;1-2-8-6-4-3-5-7-8;1-2;;/h2*1-7H3;1-7H;1H;1H;/q;;2*-1;;+3/p+1. The molecule has 0 aliphatic carbocycles. The second-order valence-electron chi connectivity index (χ2n) is 11.8. The molecule has 1 nitrogen and oxygen atoms in total. The molecule has 0 bridgehead atoms. The normalized spacial score (nSPS) is 11.4. The van der Waals surface area contributed by atoms with Crippen molar-refractivity contribution in [2.75, 3.05) is 13.3 Å². The molecule has 189 valence electrons. The molecule has 0 aliphatic heterocycles. The van der Waals surface area contributed by atoms with Crippen LogP contribution in [0.15, 0.2) is 30.3 Å². The van der Waals surface area contributed by atoms with Crippen molar-refractivity contribution < 1.29 is 22.1 Å². The molecule has 0 spiro atoms. The summed E-state index contributed by atoms with van der Waals surface area (Å²) in [5, 5.41) is 2.18.